The predicted molar refractivity (Wildman–Crippen MR) is 119 cm³/mol. The van der Waals surface area contributed by atoms with Crippen molar-refractivity contribution in [3.63, 3.8) is 0 Å². The van der Waals surface area contributed by atoms with E-state index in [1.54, 1.807) is 11.0 Å². The molecule has 1 saturated heterocycles. The van der Waals surface area contributed by atoms with Gasteiger partial charge in [-0.25, -0.2) is 8.42 Å². The molecule has 0 N–H and O–H groups in total. The molecule has 3 rings (SSSR count). The molecule has 30 heavy (non-hydrogen) atoms. The van der Waals surface area contributed by atoms with E-state index in [1.165, 1.54) is 4.31 Å². The van der Waals surface area contributed by atoms with E-state index in [1.807, 2.05) is 65.6 Å². The van der Waals surface area contributed by atoms with E-state index >= 15 is 0 Å². The van der Waals surface area contributed by atoms with Gasteiger partial charge in [-0.1, -0.05) is 66.7 Å². The van der Waals surface area contributed by atoms with Crippen LogP contribution in [0, 0.1) is 0 Å². The van der Waals surface area contributed by atoms with Crippen LogP contribution in [0.2, 0.25) is 0 Å². The zero-order valence-corrected chi connectivity index (χ0v) is 18.0. The minimum atomic E-state index is -3.39. The average molecular weight is 428 g/mol. The highest BCUT2D eigenvalue weighted by Crippen LogP contribution is 2.14. The molecule has 0 unspecified atom stereocenters. The number of sulfonamides is 1. The van der Waals surface area contributed by atoms with Gasteiger partial charge in [-0.2, -0.15) is 4.31 Å². The summed E-state index contributed by atoms with van der Waals surface area (Å²) in [5, 5.41) is 0. The van der Waals surface area contributed by atoms with E-state index in [4.69, 9.17) is 0 Å². The maximum absolute atomic E-state index is 12.8. The highest BCUT2D eigenvalue weighted by Gasteiger charge is 2.29. The van der Waals surface area contributed by atoms with Crippen LogP contribution in [-0.4, -0.2) is 67.7 Å². The number of amides is 1. The number of rotatable bonds is 9. The normalized spacial score (nSPS) is 15.3. The minimum absolute atomic E-state index is 0.00796. The van der Waals surface area contributed by atoms with Crippen LogP contribution in [0.5, 0.6) is 0 Å². The van der Waals surface area contributed by atoms with Crippen molar-refractivity contribution in [1.29, 1.82) is 0 Å². The van der Waals surface area contributed by atoms with Gasteiger partial charge in [-0.15, -0.1) is 6.58 Å². The Morgan fingerprint density at radius 2 is 1.50 bits per heavy atom. The van der Waals surface area contributed by atoms with Crippen molar-refractivity contribution in [2.75, 3.05) is 39.3 Å². The molecule has 160 valence electrons. The maximum atomic E-state index is 12.8. The summed E-state index contributed by atoms with van der Waals surface area (Å²) in [4.78, 5) is 16.6. The number of carbonyl (C=O) groups is 1. The lowest BCUT2D eigenvalue weighted by Crippen LogP contribution is -2.52. The summed E-state index contributed by atoms with van der Waals surface area (Å²) in [6.45, 7) is 6.87. The van der Waals surface area contributed by atoms with E-state index in [2.05, 4.69) is 6.58 Å². The Labute approximate surface area is 179 Å². The molecular weight excluding hydrogens is 398 g/mol. The Bertz CT molecular complexity index is 925. The SMILES string of the molecule is C=CCN(CC(=O)N1CCN(S(=O)(=O)Cc2ccccc2)CC1)Cc1ccccc1. The monoisotopic (exact) mass is 427 g/mol. The summed E-state index contributed by atoms with van der Waals surface area (Å²) in [7, 11) is -3.39. The van der Waals surface area contributed by atoms with Crippen LogP contribution in [-0.2, 0) is 27.1 Å². The van der Waals surface area contributed by atoms with E-state index in [0.717, 1.165) is 11.1 Å². The van der Waals surface area contributed by atoms with Gasteiger partial charge in [0, 0.05) is 39.3 Å². The fourth-order valence-corrected chi connectivity index (χ4v) is 5.11. The van der Waals surface area contributed by atoms with Crippen LogP contribution < -0.4 is 0 Å². The van der Waals surface area contributed by atoms with Crippen molar-refractivity contribution >= 4 is 15.9 Å². The zero-order chi connectivity index (χ0) is 21.4. The fourth-order valence-electron chi connectivity index (χ4n) is 3.59. The number of hydrogen-bond donors (Lipinski definition) is 0. The molecular formula is C23H29N3O3S. The smallest absolute Gasteiger partial charge is 0.236 e. The molecule has 1 aliphatic rings. The second kappa shape index (κ2) is 10.5. The number of piperazine rings is 1. The van der Waals surface area contributed by atoms with Gasteiger partial charge in [0.05, 0.1) is 12.3 Å². The molecule has 0 aliphatic carbocycles. The Balaban J connectivity index is 1.53. The lowest BCUT2D eigenvalue weighted by molar-refractivity contribution is -0.133. The van der Waals surface area contributed by atoms with E-state index in [-0.39, 0.29) is 18.2 Å². The third-order valence-corrected chi connectivity index (χ3v) is 7.02. The number of carbonyl (C=O) groups excluding carboxylic acids is 1. The van der Waals surface area contributed by atoms with E-state index < -0.39 is 10.0 Å². The van der Waals surface area contributed by atoms with Crippen molar-refractivity contribution in [3.05, 3.63) is 84.4 Å². The first-order valence-electron chi connectivity index (χ1n) is 10.1. The van der Waals surface area contributed by atoms with Gasteiger partial charge in [-0.3, -0.25) is 9.69 Å². The third kappa shape index (κ3) is 6.26. The van der Waals surface area contributed by atoms with Gasteiger partial charge in [0.25, 0.3) is 0 Å². The Hall–Kier alpha value is -2.48. The number of benzene rings is 2. The molecule has 0 aromatic heterocycles. The molecule has 1 heterocycles. The quantitative estimate of drug-likeness (QED) is 0.577. The van der Waals surface area contributed by atoms with Crippen molar-refractivity contribution in [3.8, 4) is 0 Å². The molecule has 0 bridgehead atoms. The van der Waals surface area contributed by atoms with Crippen LogP contribution in [0.25, 0.3) is 0 Å². The second-order valence-electron chi connectivity index (χ2n) is 7.47. The van der Waals surface area contributed by atoms with Gasteiger partial charge in [-0.05, 0) is 11.1 Å². The largest absolute Gasteiger partial charge is 0.339 e. The standard InChI is InChI=1S/C23H29N3O3S/c1-2-13-24(18-21-9-5-3-6-10-21)19-23(27)25-14-16-26(17-15-25)30(28,29)20-22-11-7-4-8-12-22/h2-12H,1,13-20H2. The molecule has 6 nitrogen and oxygen atoms in total. The lowest BCUT2D eigenvalue weighted by Gasteiger charge is -2.35. The molecule has 1 amide bonds. The Morgan fingerprint density at radius 1 is 0.933 bits per heavy atom. The topological polar surface area (TPSA) is 60.9 Å². The van der Waals surface area contributed by atoms with Crippen molar-refractivity contribution in [2.24, 2.45) is 0 Å². The Morgan fingerprint density at radius 3 is 2.07 bits per heavy atom. The molecule has 1 aliphatic heterocycles. The van der Waals surface area contributed by atoms with E-state index in [9.17, 15) is 13.2 Å². The van der Waals surface area contributed by atoms with Gasteiger partial charge in [0.1, 0.15) is 0 Å². The summed E-state index contributed by atoms with van der Waals surface area (Å²) in [6.07, 6.45) is 1.80. The van der Waals surface area contributed by atoms with Gasteiger partial charge >= 0.3 is 0 Å². The molecule has 1 fully saturated rings. The molecule has 2 aromatic carbocycles. The van der Waals surface area contributed by atoms with Crippen LogP contribution in [0.15, 0.2) is 73.3 Å². The Kier molecular flexibility index (Phi) is 7.79. The summed E-state index contributed by atoms with van der Waals surface area (Å²) in [5.74, 6) is 0.0132. The van der Waals surface area contributed by atoms with Crippen LogP contribution in [0.1, 0.15) is 11.1 Å². The molecule has 0 atom stereocenters. The van der Waals surface area contributed by atoms with Crippen LogP contribution in [0.3, 0.4) is 0 Å². The van der Waals surface area contributed by atoms with Crippen LogP contribution in [0.4, 0.5) is 0 Å². The number of hydrogen-bond acceptors (Lipinski definition) is 4. The predicted octanol–water partition coefficient (Wildman–Crippen LogP) is 2.35. The lowest BCUT2D eigenvalue weighted by atomic mass is 10.2. The van der Waals surface area contributed by atoms with Crippen molar-refractivity contribution in [1.82, 2.24) is 14.1 Å². The van der Waals surface area contributed by atoms with Crippen molar-refractivity contribution < 1.29 is 13.2 Å². The van der Waals surface area contributed by atoms with Gasteiger partial charge in [0.2, 0.25) is 15.9 Å². The second-order valence-corrected chi connectivity index (χ2v) is 9.43. The summed E-state index contributed by atoms with van der Waals surface area (Å²) in [6, 6.07) is 19.2. The zero-order valence-electron chi connectivity index (χ0n) is 17.2. The van der Waals surface area contributed by atoms with Crippen molar-refractivity contribution in [2.45, 2.75) is 12.3 Å². The van der Waals surface area contributed by atoms with Crippen LogP contribution >= 0.6 is 0 Å². The highest BCUT2D eigenvalue weighted by molar-refractivity contribution is 7.88. The summed E-state index contributed by atoms with van der Waals surface area (Å²) >= 11 is 0. The van der Waals surface area contributed by atoms with Gasteiger partial charge in [0.15, 0.2) is 0 Å². The van der Waals surface area contributed by atoms with E-state index in [0.29, 0.717) is 39.3 Å². The molecule has 2 aromatic rings. The highest BCUT2D eigenvalue weighted by atomic mass is 32.2. The molecule has 0 spiro atoms. The first kappa shape index (κ1) is 22.2. The fraction of sp³-hybridized carbons (Fsp3) is 0.348. The number of nitrogens with zero attached hydrogens (tertiary/aromatic N) is 3. The molecule has 0 radical (unpaired) electrons. The first-order chi connectivity index (χ1) is 14.5. The van der Waals surface area contributed by atoms with Gasteiger partial charge < -0.3 is 4.90 Å². The minimum Gasteiger partial charge on any atom is -0.339 e. The average Bonchev–Trinajstić information content (AvgIpc) is 2.75. The summed E-state index contributed by atoms with van der Waals surface area (Å²) < 4.78 is 26.9. The first-order valence-corrected chi connectivity index (χ1v) is 11.8. The summed E-state index contributed by atoms with van der Waals surface area (Å²) in [5.41, 5.74) is 1.92. The molecule has 7 heteroatoms. The molecule has 0 saturated carbocycles. The third-order valence-electron chi connectivity index (χ3n) is 5.17. The maximum Gasteiger partial charge on any atom is 0.236 e.